The van der Waals surface area contributed by atoms with Crippen LogP contribution in [-0.2, 0) is 31.5 Å². The lowest BCUT2D eigenvalue weighted by Gasteiger charge is -2.13. The molecule has 0 saturated carbocycles. The number of aromatic amines is 1. The van der Waals surface area contributed by atoms with Crippen molar-refractivity contribution in [1.82, 2.24) is 9.55 Å². The first kappa shape index (κ1) is 52.9. The molecule has 0 unspecified atom stereocenters. The summed E-state index contributed by atoms with van der Waals surface area (Å²) in [5.41, 5.74) is 14.7. The van der Waals surface area contributed by atoms with Gasteiger partial charge in [-0.3, -0.25) is 0 Å². The van der Waals surface area contributed by atoms with Crippen molar-refractivity contribution in [3.05, 3.63) is 179 Å². The summed E-state index contributed by atoms with van der Waals surface area (Å²) in [6.07, 6.45) is 0. The summed E-state index contributed by atoms with van der Waals surface area (Å²) in [6.45, 7) is 21.5. The van der Waals surface area contributed by atoms with Crippen LogP contribution in [0.3, 0.4) is 0 Å². The predicted molar refractivity (Wildman–Crippen MR) is 279 cm³/mol. The molecule has 0 atom stereocenters. The summed E-state index contributed by atoms with van der Waals surface area (Å²) in [4.78, 5) is 26.0. The Bertz CT molecular complexity index is 2720. The monoisotopic (exact) mass is 922 g/mol. The molecule has 2 heterocycles. The maximum Gasteiger partial charge on any atom is 0.344 e. The smallest absolute Gasteiger partial charge is 0.344 e. The lowest BCUT2D eigenvalue weighted by Crippen LogP contribution is -2.14. The Kier molecular flexibility index (Phi) is 21.8. The number of fused-ring (bicyclic) bond motifs is 2. The Morgan fingerprint density at radius 1 is 0.552 bits per heavy atom. The Morgan fingerprint density at radius 2 is 1.03 bits per heavy atom. The zero-order valence-corrected chi connectivity index (χ0v) is 41.6. The van der Waals surface area contributed by atoms with Gasteiger partial charge in [0.1, 0.15) is 11.5 Å². The minimum Gasteiger partial charge on any atom is -0.482 e. The number of aryl methyl sites for hydroxylation is 4. The highest BCUT2D eigenvalue weighted by molar-refractivity contribution is 6.17. The third-order valence-electron chi connectivity index (χ3n) is 10.5. The number of H-pyrrole nitrogens is 1. The first-order valence-corrected chi connectivity index (χ1v) is 23.7. The lowest BCUT2D eigenvalue weighted by molar-refractivity contribution is -0.146. The fourth-order valence-corrected chi connectivity index (χ4v) is 7.52. The van der Waals surface area contributed by atoms with Crippen molar-refractivity contribution in [1.29, 1.82) is 0 Å². The molecule has 2 aromatic heterocycles. The van der Waals surface area contributed by atoms with E-state index in [0.717, 1.165) is 17.7 Å². The SMILES string of the molecule is CC.CC.CCOC(=O)COc1ccc(CCl)cc1.CCOC(=O)COc1ccc(Cn2c(-c3ccccc3)c(C)c3cc(C)ccc32)cc1.Cc1ccc2[nH]c(-c3ccccc3)c(C)c2c1. The molecule has 352 valence electrons. The minimum absolute atomic E-state index is 0.0614. The fraction of sp³-hybridized carbons (Fsp3) is 0.276. The zero-order chi connectivity index (χ0) is 48.7. The number of esters is 2. The molecule has 0 fully saturated rings. The Labute approximate surface area is 402 Å². The third kappa shape index (κ3) is 15.1. The van der Waals surface area contributed by atoms with E-state index in [9.17, 15) is 9.59 Å². The van der Waals surface area contributed by atoms with Gasteiger partial charge >= 0.3 is 11.9 Å². The van der Waals surface area contributed by atoms with E-state index in [1.54, 1.807) is 26.0 Å². The summed E-state index contributed by atoms with van der Waals surface area (Å²) in [5, 5.41) is 2.61. The van der Waals surface area contributed by atoms with E-state index >= 15 is 0 Å². The van der Waals surface area contributed by atoms with Crippen LogP contribution in [-0.4, -0.2) is 47.9 Å². The number of ether oxygens (including phenoxy) is 4. The van der Waals surface area contributed by atoms with Gasteiger partial charge in [0.25, 0.3) is 0 Å². The van der Waals surface area contributed by atoms with Crippen molar-refractivity contribution >= 4 is 45.3 Å². The van der Waals surface area contributed by atoms with Crippen molar-refractivity contribution in [3.8, 4) is 34.0 Å². The van der Waals surface area contributed by atoms with Crippen LogP contribution < -0.4 is 9.47 Å². The number of halogens is 1. The number of hydrogen-bond acceptors (Lipinski definition) is 6. The van der Waals surface area contributed by atoms with Gasteiger partial charge in [-0.1, -0.05) is 136 Å². The number of alkyl halides is 1. The number of carbonyl (C=O) groups excluding carboxylic acids is 2. The summed E-state index contributed by atoms with van der Waals surface area (Å²) in [6, 6.07) is 49.4. The standard InChI is InChI=1S/C27H27NO3.C16H15N.C11H13ClO3.2C2H6/c1-4-30-26(29)18-31-23-13-11-21(12-14-23)17-28-25-15-10-19(2)16-24(25)20(3)27(28)22-8-6-5-7-9-22;1-11-8-9-15-14(10-11)12(2)16(17-15)13-6-4-3-5-7-13;1-2-14-11(13)8-15-10-5-3-9(7-12)4-6-10;2*1-2/h5-16H,4,17-18H2,1-3H3;3-10,17H,1-2H3;3-6H,2,7-8H2,1H3;2*1-2H3. The highest BCUT2D eigenvalue weighted by Crippen LogP contribution is 2.35. The van der Waals surface area contributed by atoms with Crippen LogP contribution in [0, 0.1) is 27.7 Å². The molecule has 8 rings (SSSR count). The molecule has 0 spiro atoms. The second-order valence-electron chi connectivity index (χ2n) is 15.1. The predicted octanol–water partition coefficient (Wildman–Crippen LogP) is 14.8. The quantitative estimate of drug-likeness (QED) is 0.0915. The average Bonchev–Trinajstić information content (AvgIpc) is 3.84. The normalized spacial score (nSPS) is 10.2. The van der Waals surface area contributed by atoms with Gasteiger partial charge in [0.15, 0.2) is 13.2 Å². The number of rotatable bonds is 13. The second kappa shape index (κ2) is 27.6. The van der Waals surface area contributed by atoms with Crippen molar-refractivity contribution in [2.24, 2.45) is 0 Å². The van der Waals surface area contributed by atoms with Gasteiger partial charge in [-0.2, -0.15) is 0 Å². The summed E-state index contributed by atoms with van der Waals surface area (Å²) in [5.74, 6) is 1.04. The van der Waals surface area contributed by atoms with Crippen LogP contribution in [0.1, 0.15) is 74.9 Å². The van der Waals surface area contributed by atoms with Gasteiger partial charge in [-0.15, -0.1) is 11.6 Å². The molecule has 0 aliphatic heterocycles. The first-order valence-electron chi connectivity index (χ1n) is 23.2. The summed E-state index contributed by atoms with van der Waals surface area (Å²) in [7, 11) is 0. The number of nitrogens with zero attached hydrogens (tertiary/aromatic N) is 1. The Hall–Kier alpha value is -6.77. The highest BCUT2D eigenvalue weighted by atomic mass is 35.5. The van der Waals surface area contributed by atoms with Crippen molar-refractivity contribution in [2.45, 2.75) is 81.7 Å². The van der Waals surface area contributed by atoms with Crippen molar-refractivity contribution < 1.29 is 28.5 Å². The Balaban J connectivity index is 0.000000230. The molecule has 67 heavy (non-hydrogen) atoms. The molecule has 0 amide bonds. The van der Waals surface area contributed by atoms with E-state index in [0.29, 0.717) is 30.6 Å². The van der Waals surface area contributed by atoms with E-state index < -0.39 is 0 Å². The molecule has 0 saturated heterocycles. The molecule has 8 nitrogen and oxygen atoms in total. The Morgan fingerprint density at radius 3 is 1.54 bits per heavy atom. The van der Waals surface area contributed by atoms with E-state index in [-0.39, 0.29) is 25.2 Å². The molecule has 0 aliphatic carbocycles. The zero-order valence-electron chi connectivity index (χ0n) is 40.9. The molecule has 8 aromatic rings. The number of nitrogens with one attached hydrogen (secondary N) is 1. The van der Waals surface area contributed by atoms with Crippen LogP contribution in [0.25, 0.3) is 44.3 Å². The van der Waals surface area contributed by atoms with Crippen LogP contribution in [0.2, 0.25) is 0 Å². The lowest BCUT2D eigenvalue weighted by atomic mass is 10.1. The molecule has 0 bridgehead atoms. The van der Waals surface area contributed by atoms with Gasteiger partial charge < -0.3 is 28.5 Å². The highest BCUT2D eigenvalue weighted by Gasteiger charge is 2.17. The van der Waals surface area contributed by atoms with Gasteiger partial charge in [0, 0.05) is 39.9 Å². The summed E-state index contributed by atoms with van der Waals surface area (Å²) >= 11 is 5.63. The van der Waals surface area contributed by atoms with Crippen molar-refractivity contribution in [2.75, 3.05) is 26.4 Å². The molecule has 0 aliphatic rings. The molecule has 1 N–H and O–H groups in total. The number of benzene rings is 6. The minimum atomic E-state index is -0.362. The largest absolute Gasteiger partial charge is 0.482 e. The van der Waals surface area contributed by atoms with E-state index in [1.165, 1.54) is 66.6 Å². The maximum atomic E-state index is 11.5. The molecular weight excluding hydrogens is 856 g/mol. The van der Waals surface area contributed by atoms with Gasteiger partial charge in [0.05, 0.1) is 18.9 Å². The van der Waals surface area contributed by atoms with E-state index in [2.05, 4.69) is 122 Å². The van der Waals surface area contributed by atoms with Crippen LogP contribution >= 0.6 is 11.6 Å². The van der Waals surface area contributed by atoms with Gasteiger partial charge in [-0.25, -0.2) is 9.59 Å². The second-order valence-corrected chi connectivity index (χ2v) is 15.4. The van der Waals surface area contributed by atoms with Crippen LogP contribution in [0.5, 0.6) is 11.5 Å². The third-order valence-corrected chi connectivity index (χ3v) is 10.8. The van der Waals surface area contributed by atoms with Crippen LogP contribution in [0.4, 0.5) is 0 Å². The maximum absolute atomic E-state index is 11.5. The van der Waals surface area contributed by atoms with Crippen molar-refractivity contribution in [3.63, 3.8) is 0 Å². The molecule has 0 radical (unpaired) electrons. The van der Waals surface area contributed by atoms with Gasteiger partial charge in [-0.05, 0) is 123 Å². The number of hydrogen-bond donors (Lipinski definition) is 1. The number of aromatic nitrogens is 2. The molecule has 6 aromatic carbocycles. The fourth-order valence-electron chi connectivity index (χ4n) is 7.34. The topological polar surface area (TPSA) is 91.8 Å². The van der Waals surface area contributed by atoms with Gasteiger partial charge in [0.2, 0.25) is 0 Å². The van der Waals surface area contributed by atoms with Crippen LogP contribution in [0.15, 0.2) is 146 Å². The molecule has 9 heteroatoms. The van der Waals surface area contributed by atoms with E-state index in [4.69, 9.17) is 30.5 Å². The number of carbonyl (C=O) groups is 2. The average molecular weight is 924 g/mol. The first-order chi connectivity index (χ1) is 32.6. The summed E-state index contributed by atoms with van der Waals surface area (Å²) < 4.78 is 22.7. The van der Waals surface area contributed by atoms with E-state index in [1.807, 2.05) is 76.2 Å². The molecular formula is C58H67ClN2O6.